The number of rotatable bonds is 8. The zero-order valence-electron chi connectivity index (χ0n) is 16.3. The van der Waals surface area contributed by atoms with Gasteiger partial charge in [-0.05, 0) is 63.3 Å². The third kappa shape index (κ3) is 7.32. The molecular formula is C19H31N5O2S. The van der Waals surface area contributed by atoms with Crippen molar-refractivity contribution in [2.75, 3.05) is 57.4 Å². The first-order valence-electron chi connectivity index (χ1n) is 9.63. The second-order valence-electron chi connectivity index (χ2n) is 6.36. The average Bonchev–Trinajstić information content (AvgIpc) is 2.71. The van der Waals surface area contributed by atoms with Gasteiger partial charge in [0.25, 0.3) is 5.91 Å². The molecule has 1 aromatic carbocycles. The van der Waals surface area contributed by atoms with Crippen LogP contribution in [0.15, 0.2) is 24.3 Å². The first kappa shape index (κ1) is 21.4. The monoisotopic (exact) mass is 393 g/mol. The molecule has 0 aromatic heterocycles. The van der Waals surface area contributed by atoms with Crippen molar-refractivity contribution in [3.8, 4) is 0 Å². The van der Waals surface area contributed by atoms with Gasteiger partial charge in [0.15, 0.2) is 5.11 Å². The SMILES string of the molecule is CCN(CC)c1ccc(C(=O)NNC(=S)NCCCN2CCOCC2)cc1. The summed E-state index contributed by atoms with van der Waals surface area (Å²) >= 11 is 5.20. The van der Waals surface area contributed by atoms with Crippen LogP contribution >= 0.6 is 12.2 Å². The van der Waals surface area contributed by atoms with Gasteiger partial charge in [-0.25, -0.2) is 0 Å². The number of amides is 1. The molecule has 150 valence electrons. The number of morpholine rings is 1. The van der Waals surface area contributed by atoms with Gasteiger partial charge in [-0.2, -0.15) is 0 Å². The minimum Gasteiger partial charge on any atom is -0.379 e. The third-order valence-corrected chi connectivity index (χ3v) is 4.83. The quantitative estimate of drug-likeness (QED) is 0.350. The molecule has 0 saturated carbocycles. The fraction of sp³-hybridized carbons (Fsp3) is 0.579. The summed E-state index contributed by atoms with van der Waals surface area (Å²) in [5.41, 5.74) is 7.09. The summed E-state index contributed by atoms with van der Waals surface area (Å²) in [6.07, 6.45) is 0.989. The van der Waals surface area contributed by atoms with Crippen LogP contribution in [-0.2, 0) is 4.74 Å². The first-order chi connectivity index (χ1) is 13.1. The highest BCUT2D eigenvalue weighted by atomic mass is 32.1. The summed E-state index contributed by atoms with van der Waals surface area (Å²) in [5.74, 6) is -0.210. The highest BCUT2D eigenvalue weighted by molar-refractivity contribution is 7.80. The number of carbonyl (C=O) groups excluding carboxylic acids is 1. The molecule has 1 fully saturated rings. The fourth-order valence-electron chi connectivity index (χ4n) is 2.97. The highest BCUT2D eigenvalue weighted by Crippen LogP contribution is 2.14. The van der Waals surface area contributed by atoms with Crippen molar-refractivity contribution in [2.45, 2.75) is 20.3 Å². The molecule has 1 saturated heterocycles. The number of hydrazine groups is 1. The zero-order valence-corrected chi connectivity index (χ0v) is 17.1. The molecule has 1 aromatic rings. The van der Waals surface area contributed by atoms with Crippen molar-refractivity contribution in [1.29, 1.82) is 0 Å². The van der Waals surface area contributed by atoms with E-state index in [2.05, 4.69) is 39.8 Å². The van der Waals surface area contributed by atoms with Crippen LogP contribution < -0.4 is 21.1 Å². The molecule has 0 atom stereocenters. The van der Waals surface area contributed by atoms with Crippen LogP contribution in [0.4, 0.5) is 5.69 Å². The predicted octanol–water partition coefficient (Wildman–Crippen LogP) is 1.36. The molecule has 0 radical (unpaired) electrons. The Morgan fingerprint density at radius 1 is 1.15 bits per heavy atom. The standard InChI is InChI=1S/C19H31N5O2S/c1-3-24(4-2)17-8-6-16(7-9-17)18(25)21-22-19(27)20-10-5-11-23-12-14-26-15-13-23/h6-9H,3-5,10-15H2,1-2H3,(H,21,25)(H2,20,22,27). The summed E-state index contributed by atoms with van der Waals surface area (Å²) in [7, 11) is 0. The minimum atomic E-state index is -0.210. The number of anilines is 1. The maximum atomic E-state index is 12.2. The van der Waals surface area contributed by atoms with Gasteiger partial charge in [0.05, 0.1) is 13.2 Å². The normalized spacial score (nSPS) is 14.4. The molecule has 0 unspecified atom stereocenters. The molecule has 0 bridgehead atoms. The minimum absolute atomic E-state index is 0.210. The number of benzene rings is 1. The second kappa shape index (κ2) is 11.7. The summed E-state index contributed by atoms with van der Waals surface area (Å²) < 4.78 is 5.33. The molecule has 0 spiro atoms. The number of nitrogens with zero attached hydrogens (tertiary/aromatic N) is 2. The lowest BCUT2D eigenvalue weighted by Crippen LogP contribution is -2.47. The maximum absolute atomic E-state index is 12.2. The van der Waals surface area contributed by atoms with E-state index < -0.39 is 0 Å². The topological polar surface area (TPSA) is 68.9 Å². The van der Waals surface area contributed by atoms with Gasteiger partial charge in [0.1, 0.15) is 0 Å². The van der Waals surface area contributed by atoms with Crippen LogP contribution in [0.3, 0.4) is 0 Å². The van der Waals surface area contributed by atoms with Crippen molar-refractivity contribution >= 4 is 28.9 Å². The lowest BCUT2D eigenvalue weighted by molar-refractivity contribution is 0.0376. The van der Waals surface area contributed by atoms with E-state index in [0.717, 1.165) is 64.6 Å². The molecule has 1 aliphatic heterocycles. The van der Waals surface area contributed by atoms with Gasteiger partial charge >= 0.3 is 0 Å². The van der Waals surface area contributed by atoms with Gasteiger partial charge in [0, 0.05) is 44.0 Å². The Morgan fingerprint density at radius 2 is 1.81 bits per heavy atom. The molecule has 7 nitrogen and oxygen atoms in total. The Balaban J connectivity index is 1.64. The van der Waals surface area contributed by atoms with E-state index in [1.807, 2.05) is 24.3 Å². The van der Waals surface area contributed by atoms with Gasteiger partial charge in [-0.15, -0.1) is 0 Å². The Morgan fingerprint density at radius 3 is 2.44 bits per heavy atom. The van der Waals surface area contributed by atoms with Crippen molar-refractivity contribution in [2.24, 2.45) is 0 Å². The number of thiocarbonyl (C=S) groups is 1. The van der Waals surface area contributed by atoms with Crippen molar-refractivity contribution in [3.05, 3.63) is 29.8 Å². The zero-order chi connectivity index (χ0) is 19.5. The van der Waals surface area contributed by atoms with Crippen molar-refractivity contribution < 1.29 is 9.53 Å². The van der Waals surface area contributed by atoms with E-state index in [1.165, 1.54) is 0 Å². The smallest absolute Gasteiger partial charge is 0.269 e. The van der Waals surface area contributed by atoms with Crippen molar-refractivity contribution in [1.82, 2.24) is 21.1 Å². The number of nitrogens with one attached hydrogen (secondary N) is 3. The van der Waals surface area contributed by atoms with E-state index in [4.69, 9.17) is 17.0 Å². The summed E-state index contributed by atoms with van der Waals surface area (Å²) in [6, 6.07) is 7.57. The molecule has 27 heavy (non-hydrogen) atoms. The lowest BCUT2D eigenvalue weighted by Gasteiger charge is -2.26. The molecule has 1 heterocycles. The number of hydrogen-bond donors (Lipinski definition) is 3. The van der Waals surface area contributed by atoms with Crippen LogP contribution in [0.2, 0.25) is 0 Å². The highest BCUT2D eigenvalue weighted by Gasteiger charge is 2.10. The summed E-state index contributed by atoms with van der Waals surface area (Å²) in [6.45, 7) is 11.5. The van der Waals surface area contributed by atoms with Crippen LogP contribution in [0.1, 0.15) is 30.6 Å². The molecule has 8 heteroatoms. The predicted molar refractivity (Wildman–Crippen MR) is 113 cm³/mol. The molecular weight excluding hydrogens is 362 g/mol. The average molecular weight is 394 g/mol. The van der Waals surface area contributed by atoms with Crippen LogP contribution in [0.5, 0.6) is 0 Å². The lowest BCUT2D eigenvalue weighted by atomic mass is 10.2. The van der Waals surface area contributed by atoms with Gasteiger partial charge in [0.2, 0.25) is 0 Å². The molecule has 3 N–H and O–H groups in total. The largest absolute Gasteiger partial charge is 0.379 e. The van der Waals surface area contributed by atoms with Gasteiger partial charge in [-0.1, -0.05) is 0 Å². The summed E-state index contributed by atoms with van der Waals surface area (Å²) in [5, 5.41) is 3.53. The van der Waals surface area contributed by atoms with E-state index >= 15 is 0 Å². The van der Waals surface area contributed by atoms with E-state index in [0.29, 0.717) is 10.7 Å². The Bertz CT molecular complexity index is 586. The molecule has 1 aliphatic rings. The van der Waals surface area contributed by atoms with Crippen LogP contribution in [0.25, 0.3) is 0 Å². The molecule has 2 rings (SSSR count). The summed E-state index contributed by atoms with van der Waals surface area (Å²) in [4.78, 5) is 16.8. The Hall–Kier alpha value is -1.90. The first-order valence-corrected chi connectivity index (χ1v) is 10.0. The second-order valence-corrected chi connectivity index (χ2v) is 6.77. The number of ether oxygens (including phenoxy) is 1. The molecule has 1 amide bonds. The van der Waals surface area contributed by atoms with Crippen LogP contribution in [0, 0.1) is 0 Å². The van der Waals surface area contributed by atoms with E-state index in [9.17, 15) is 4.79 Å². The van der Waals surface area contributed by atoms with Gasteiger partial charge < -0.3 is 15.0 Å². The number of carbonyl (C=O) groups is 1. The van der Waals surface area contributed by atoms with Crippen molar-refractivity contribution in [3.63, 3.8) is 0 Å². The van der Waals surface area contributed by atoms with E-state index in [-0.39, 0.29) is 5.91 Å². The Labute approximate surface area is 167 Å². The maximum Gasteiger partial charge on any atom is 0.269 e. The van der Waals surface area contributed by atoms with E-state index in [1.54, 1.807) is 0 Å². The third-order valence-electron chi connectivity index (χ3n) is 4.59. The van der Waals surface area contributed by atoms with Crippen LogP contribution in [-0.4, -0.2) is 68.4 Å². The Kier molecular flexibility index (Phi) is 9.30. The van der Waals surface area contributed by atoms with Gasteiger partial charge in [-0.3, -0.25) is 20.5 Å². The molecule has 0 aliphatic carbocycles. The number of hydrogen-bond acceptors (Lipinski definition) is 5. The fourth-order valence-corrected chi connectivity index (χ4v) is 3.12.